The van der Waals surface area contributed by atoms with Gasteiger partial charge in [0.05, 0.1) is 7.11 Å². The summed E-state index contributed by atoms with van der Waals surface area (Å²) in [6.07, 6.45) is 6.65. The van der Waals surface area contributed by atoms with Crippen LogP contribution in [-0.4, -0.2) is 47.2 Å². The maximum absolute atomic E-state index is 14.8. The van der Waals surface area contributed by atoms with Crippen LogP contribution in [-0.2, 0) is 16.1 Å². The molecule has 0 unspecified atom stereocenters. The molecule has 1 aliphatic carbocycles. The Morgan fingerprint density at radius 1 is 1.29 bits per heavy atom. The van der Waals surface area contributed by atoms with Crippen molar-refractivity contribution in [2.75, 3.05) is 13.7 Å². The van der Waals surface area contributed by atoms with Crippen molar-refractivity contribution in [3.63, 3.8) is 0 Å². The van der Waals surface area contributed by atoms with E-state index in [1.165, 1.54) is 18.1 Å². The van der Waals surface area contributed by atoms with Crippen LogP contribution in [0.4, 0.5) is 9.18 Å². The van der Waals surface area contributed by atoms with Gasteiger partial charge in [-0.25, -0.2) is 14.2 Å². The van der Waals surface area contributed by atoms with Crippen molar-refractivity contribution >= 4 is 17.6 Å². The smallest absolute Gasteiger partial charge is 0.410 e. The Hall–Kier alpha value is -2.64. The number of halogens is 1. The highest BCUT2D eigenvalue weighted by molar-refractivity contribution is 5.86. The lowest BCUT2D eigenvalue weighted by Gasteiger charge is -2.28. The maximum atomic E-state index is 14.8. The van der Waals surface area contributed by atoms with Crippen molar-refractivity contribution in [1.82, 2.24) is 15.2 Å². The Labute approximate surface area is 183 Å². The molecule has 0 bridgehead atoms. The van der Waals surface area contributed by atoms with E-state index in [0.717, 1.165) is 37.7 Å². The highest BCUT2D eigenvalue weighted by Crippen LogP contribution is 2.30. The van der Waals surface area contributed by atoms with E-state index in [1.807, 2.05) is 6.08 Å². The summed E-state index contributed by atoms with van der Waals surface area (Å²) in [6, 6.07) is 0.766. The van der Waals surface area contributed by atoms with Gasteiger partial charge in [-0.1, -0.05) is 6.08 Å². The van der Waals surface area contributed by atoms with Crippen LogP contribution in [0.25, 0.3) is 5.57 Å². The third kappa shape index (κ3) is 5.74. The molecule has 2 amide bonds. The Kier molecular flexibility index (Phi) is 7.18. The van der Waals surface area contributed by atoms with Gasteiger partial charge < -0.3 is 14.8 Å². The molecule has 0 radical (unpaired) electrons. The molecule has 8 heteroatoms. The SMILES string of the molecule is COc1nc(C2=CCCCC2)c(F)cc1CNC(=O)[C@@H]1CCCN1C(=O)OC(C)(C)C. The summed E-state index contributed by atoms with van der Waals surface area (Å²) >= 11 is 0. The topological polar surface area (TPSA) is 80.8 Å². The van der Waals surface area contributed by atoms with Crippen LogP contribution >= 0.6 is 0 Å². The molecule has 1 aromatic heterocycles. The van der Waals surface area contributed by atoms with Crippen LogP contribution in [0, 0.1) is 5.82 Å². The zero-order valence-electron chi connectivity index (χ0n) is 18.8. The highest BCUT2D eigenvalue weighted by atomic mass is 19.1. The average Bonchev–Trinajstić information content (AvgIpc) is 3.22. The summed E-state index contributed by atoms with van der Waals surface area (Å²) in [5.41, 5.74) is 1.04. The monoisotopic (exact) mass is 433 g/mol. The number of likely N-dealkylation sites (tertiary alicyclic amines) is 1. The van der Waals surface area contributed by atoms with Crippen LogP contribution in [0.2, 0.25) is 0 Å². The molecule has 0 spiro atoms. The second kappa shape index (κ2) is 9.66. The van der Waals surface area contributed by atoms with E-state index in [-0.39, 0.29) is 12.5 Å². The zero-order chi connectivity index (χ0) is 22.6. The third-order valence-electron chi connectivity index (χ3n) is 5.44. The van der Waals surface area contributed by atoms with Gasteiger partial charge in [0.1, 0.15) is 23.2 Å². The largest absolute Gasteiger partial charge is 0.481 e. The first-order chi connectivity index (χ1) is 14.7. The van der Waals surface area contributed by atoms with E-state index in [2.05, 4.69) is 10.3 Å². The molecule has 3 rings (SSSR count). The molecule has 1 fully saturated rings. The maximum Gasteiger partial charge on any atom is 0.410 e. The first kappa shape index (κ1) is 23.0. The van der Waals surface area contributed by atoms with Crippen molar-refractivity contribution in [3.05, 3.63) is 29.2 Å². The number of ether oxygens (including phenoxy) is 2. The molecule has 2 heterocycles. The molecular formula is C23H32FN3O4. The third-order valence-corrected chi connectivity index (χ3v) is 5.44. The van der Waals surface area contributed by atoms with Gasteiger partial charge in [0, 0.05) is 18.7 Å². The molecule has 31 heavy (non-hydrogen) atoms. The Morgan fingerprint density at radius 2 is 2.06 bits per heavy atom. The standard InChI is InChI=1S/C23H32FN3O4/c1-23(2,3)31-22(29)27-12-8-11-18(27)20(28)25-14-16-13-17(24)19(26-21(16)30-4)15-9-6-5-7-10-15/h9,13,18H,5-8,10-12,14H2,1-4H3,(H,25,28)/t18-/m0/s1. The highest BCUT2D eigenvalue weighted by Gasteiger charge is 2.36. The minimum atomic E-state index is -0.632. The molecular weight excluding hydrogens is 401 g/mol. The first-order valence-electron chi connectivity index (χ1n) is 10.9. The number of carbonyl (C=O) groups is 2. The second-order valence-corrected chi connectivity index (χ2v) is 9.01. The van der Waals surface area contributed by atoms with Gasteiger partial charge in [-0.15, -0.1) is 0 Å². The number of hydrogen-bond donors (Lipinski definition) is 1. The van der Waals surface area contributed by atoms with Gasteiger partial charge in [-0.05, 0) is 70.9 Å². The fraction of sp³-hybridized carbons (Fsp3) is 0.609. The van der Waals surface area contributed by atoms with Crippen LogP contribution in [0.15, 0.2) is 12.1 Å². The minimum Gasteiger partial charge on any atom is -0.481 e. The summed E-state index contributed by atoms with van der Waals surface area (Å²) in [5, 5.41) is 2.80. The van der Waals surface area contributed by atoms with Gasteiger partial charge in [-0.3, -0.25) is 9.69 Å². The summed E-state index contributed by atoms with van der Waals surface area (Å²) in [4.78, 5) is 31.0. The molecule has 1 aliphatic heterocycles. The molecule has 1 atom stereocenters. The van der Waals surface area contributed by atoms with Crippen LogP contribution in [0.1, 0.15) is 70.6 Å². The molecule has 1 saturated heterocycles. The number of carbonyl (C=O) groups excluding carboxylic acids is 2. The molecule has 2 aliphatic rings. The number of aromatic nitrogens is 1. The van der Waals surface area contributed by atoms with Crippen LogP contribution < -0.4 is 10.1 Å². The second-order valence-electron chi connectivity index (χ2n) is 9.01. The van der Waals surface area contributed by atoms with Crippen LogP contribution in [0.5, 0.6) is 5.88 Å². The van der Waals surface area contributed by atoms with E-state index in [1.54, 1.807) is 20.8 Å². The normalized spacial score (nSPS) is 19.1. The van der Waals surface area contributed by atoms with Gasteiger partial charge in [-0.2, -0.15) is 0 Å². The number of methoxy groups -OCH3 is 1. The number of allylic oxidation sites excluding steroid dienone is 2. The van der Waals surface area contributed by atoms with E-state index in [4.69, 9.17) is 9.47 Å². The lowest BCUT2D eigenvalue weighted by Crippen LogP contribution is -2.47. The lowest BCUT2D eigenvalue weighted by molar-refractivity contribution is -0.125. The Morgan fingerprint density at radius 3 is 2.71 bits per heavy atom. The molecule has 0 saturated carbocycles. The van der Waals surface area contributed by atoms with Crippen molar-refractivity contribution in [2.45, 2.75) is 77.5 Å². The first-order valence-corrected chi connectivity index (χ1v) is 10.9. The zero-order valence-corrected chi connectivity index (χ0v) is 18.8. The molecule has 1 aromatic rings. The molecule has 1 N–H and O–H groups in total. The van der Waals surface area contributed by atoms with E-state index in [9.17, 15) is 14.0 Å². The number of amides is 2. The van der Waals surface area contributed by atoms with Crippen molar-refractivity contribution in [3.8, 4) is 5.88 Å². The number of hydrogen-bond acceptors (Lipinski definition) is 5. The van der Waals surface area contributed by atoms with Gasteiger partial charge >= 0.3 is 6.09 Å². The van der Waals surface area contributed by atoms with Gasteiger partial charge in [0.15, 0.2) is 0 Å². The molecule has 170 valence electrons. The van der Waals surface area contributed by atoms with Gasteiger partial charge in [0.25, 0.3) is 0 Å². The fourth-order valence-electron chi connectivity index (χ4n) is 3.97. The summed E-state index contributed by atoms with van der Waals surface area (Å²) < 4.78 is 25.5. The quantitative estimate of drug-likeness (QED) is 0.753. The fourth-order valence-corrected chi connectivity index (χ4v) is 3.97. The lowest BCUT2D eigenvalue weighted by atomic mass is 9.96. The van der Waals surface area contributed by atoms with Crippen molar-refractivity contribution in [1.29, 1.82) is 0 Å². The Balaban J connectivity index is 1.68. The van der Waals surface area contributed by atoms with E-state index in [0.29, 0.717) is 30.1 Å². The number of nitrogens with zero attached hydrogens (tertiary/aromatic N) is 2. The number of rotatable bonds is 5. The average molecular weight is 434 g/mol. The minimum absolute atomic E-state index is 0.0594. The number of pyridine rings is 1. The van der Waals surface area contributed by atoms with Crippen molar-refractivity contribution in [2.24, 2.45) is 0 Å². The van der Waals surface area contributed by atoms with Crippen LogP contribution in [0.3, 0.4) is 0 Å². The Bertz CT molecular complexity index is 863. The van der Waals surface area contributed by atoms with E-state index < -0.39 is 23.6 Å². The molecule has 7 nitrogen and oxygen atoms in total. The molecule has 0 aromatic carbocycles. The summed E-state index contributed by atoms with van der Waals surface area (Å²) in [7, 11) is 1.48. The van der Waals surface area contributed by atoms with E-state index >= 15 is 0 Å². The summed E-state index contributed by atoms with van der Waals surface area (Å²) in [5.74, 6) is -0.432. The predicted molar refractivity (Wildman–Crippen MR) is 115 cm³/mol. The van der Waals surface area contributed by atoms with Gasteiger partial charge in [0.2, 0.25) is 11.8 Å². The van der Waals surface area contributed by atoms with Crippen molar-refractivity contribution < 1.29 is 23.5 Å². The number of nitrogens with one attached hydrogen (secondary N) is 1. The predicted octanol–water partition coefficient (Wildman–Crippen LogP) is 4.20. The summed E-state index contributed by atoms with van der Waals surface area (Å²) in [6.45, 7) is 5.89.